The fraction of sp³-hybridized carbons (Fsp3) is 0.462. The number of anilines is 1. The van der Waals surface area contributed by atoms with Crippen LogP contribution in [0.5, 0.6) is 0 Å². The summed E-state index contributed by atoms with van der Waals surface area (Å²) < 4.78 is 12.8. The van der Waals surface area contributed by atoms with E-state index in [1.54, 1.807) is 12.1 Å². The maximum atomic E-state index is 12.8. The van der Waals surface area contributed by atoms with Gasteiger partial charge in [0, 0.05) is 25.7 Å². The van der Waals surface area contributed by atoms with E-state index in [4.69, 9.17) is 11.1 Å². The summed E-state index contributed by atoms with van der Waals surface area (Å²) in [7, 11) is 1.99. The van der Waals surface area contributed by atoms with Crippen molar-refractivity contribution in [1.82, 2.24) is 0 Å². The molecule has 4 heteroatoms. The third-order valence-electron chi connectivity index (χ3n) is 3.36. The normalized spacial score (nSPS) is 16.6. The zero-order chi connectivity index (χ0) is 12.5. The average molecular weight is 235 g/mol. The number of rotatable bonds is 5. The summed E-state index contributed by atoms with van der Waals surface area (Å²) in [5, 5.41) is 7.38. The molecule has 92 valence electrons. The van der Waals surface area contributed by atoms with Crippen molar-refractivity contribution in [2.75, 3.05) is 18.5 Å². The number of nitrogens with zero attached hydrogens (tertiary/aromatic N) is 1. The lowest BCUT2D eigenvalue weighted by Gasteiger charge is -2.25. The third kappa shape index (κ3) is 2.96. The molecule has 0 radical (unpaired) electrons. The number of amidine groups is 1. The van der Waals surface area contributed by atoms with Crippen LogP contribution in [0.2, 0.25) is 0 Å². The van der Waals surface area contributed by atoms with Gasteiger partial charge in [-0.15, -0.1) is 0 Å². The topological polar surface area (TPSA) is 53.1 Å². The lowest BCUT2D eigenvalue weighted by atomic mass is 10.0. The molecule has 0 atom stereocenters. The number of nitrogens with two attached hydrogens (primary N) is 1. The monoisotopic (exact) mass is 235 g/mol. The lowest BCUT2D eigenvalue weighted by molar-refractivity contribution is 0.529. The van der Waals surface area contributed by atoms with E-state index in [0.29, 0.717) is 6.42 Å². The summed E-state index contributed by atoms with van der Waals surface area (Å²) in [6, 6.07) is 6.49. The summed E-state index contributed by atoms with van der Waals surface area (Å²) in [6.45, 7) is 0.873. The van der Waals surface area contributed by atoms with Gasteiger partial charge in [-0.2, -0.15) is 0 Å². The van der Waals surface area contributed by atoms with E-state index < -0.39 is 0 Å². The molecular formula is C13H18FN3. The first kappa shape index (κ1) is 11.9. The first-order chi connectivity index (χ1) is 8.01. The van der Waals surface area contributed by atoms with Crippen LogP contribution in [0.15, 0.2) is 24.3 Å². The Hall–Kier alpha value is -1.58. The van der Waals surface area contributed by atoms with Crippen LogP contribution in [-0.2, 0) is 0 Å². The van der Waals surface area contributed by atoms with E-state index in [2.05, 4.69) is 4.90 Å². The lowest BCUT2D eigenvalue weighted by Crippen LogP contribution is -2.29. The van der Waals surface area contributed by atoms with Crippen molar-refractivity contribution >= 4 is 11.5 Å². The molecule has 1 aromatic rings. The highest BCUT2D eigenvalue weighted by atomic mass is 19.1. The van der Waals surface area contributed by atoms with Crippen LogP contribution in [0.3, 0.4) is 0 Å². The molecule has 3 nitrogen and oxygen atoms in total. The molecule has 0 bridgehead atoms. The molecule has 17 heavy (non-hydrogen) atoms. The molecule has 0 amide bonds. The van der Waals surface area contributed by atoms with E-state index in [0.717, 1.165) is 25.1 Å². The Kier molecular flexibility index (Phi) is 3.05. The Morgan fingerprint density at radius 2 is 2.00 bits per heavy atom. The molecule has 0 spiro atoms. The minimum absolute atomic E-state index is 0.176. The second kappa shape index (κ2) is 4.35. The van der Waals surface area contributed by atoms with Gasteiger partial charge >= 0.3 is 0 Å². The molecule has 3 N–H and O–H groups in total. The van der Waals surface area contributed by atoms with E-state index in [9.17, 15) is 4.39 Å². The molecule has 2 rings (SSSR count). The summed E-state index contributed by atoms with van der Waals surface area (Å²) >= 11 is 0. The van der Waals surface area contributed by atoms with Crippen molar-refractivity contribution in [2.24, 2.45) is 11.1 Å². The summed E-state index contributed by atoms with van der Waals surface area (Å²) in [4.78, 5) is 2.11. The molecule has 1 aliphatic rings. The maximum absolute atomic E-state index is 12.8. The van der Waals surface area contributed by atoms with Crippen LogP contribution in [0.25, 0.3) is 0 Å². The molecule has 1 aliphatic carbocycles. The molecule has 1 fully saturated rings. The van der Waals surface area contributed by atoms with Gasteiger partial charge in [-0.25, -0.2) is 4.39 Å². The third-order valence-corrected chi connectivity index (χ3v) is 3.36. The number of halogens is 1. The minimum atomic E-state index is -0.216. The Morgan fingerprint density at radius 3 is 2.47 bits per heavy atom. The summed E-state index contributed by atoms with van der Waals surface area (Å²) in [6.07, 6.45) is 2.91. The zero-order valence-electron chi connectivity index (χ0n) is 10.0. The molecule has 0 heterocycles. The first-order valence-electron chi connectivity index (χ1n) is 5.80. The Balaban J connectivity index is 1.99. The van der Waals surface area contributed by atoms with Crippen LogP contribution in [0.4, 0.5) is 10.1 Å². The SMILES string of the molecule is CN(CC1(CC(=N)N)CC1)c1ccc(F)cc1. The second-order valence-corrected chi connectivity index (χ2v) is 5.03. The van der Waals surface area contributed by atoms with Crippen molar-refractivity contribution in [1.29, 1.82) is 5.41 Å². The number of hydrogen-bond donors (Lipinski definition) is 2. The van der Waals surface area contributed by atoms with Gasteiger partial charge in [0.2, 0.25) is 0 Å². The Bertz CT molecular complexity index is 409. The van der Waals surface area contributed by atoms with Crippen molar-refractivity contribution in [3.8, 4) is 0 Å². The summed E-state index contributed by atoms with van der Waals surface area (Å²) in [5.74, 6) is 0.0435. The highest BCUT2D eigenvalue weighted by Crippen LogP contribution is 2.49. The Morgan fingerprint density at radius 1 is 1.41 bits per heavy atom. The van der Waals surface area contributed by atoms with Gasteiger partial charge in [-0.05, 0) is 42.5 Å². The largest absolute Gasteiger partial charge is 0.388 e. The van der Waals surface area contributed by atoms with E-state index in [1.165, 1.54) is 12.1 Å². The van der Waals surface area contributed by atoms with Gasteiger partial charge in [-0.3, -0.25) is 5.41 Å². The number of hydrogen-bond acceptors (Lipinski definition) is 2. The molecule has 1 aromatic carbocycles. The minimum Gasteiger partial charge on any atom is -0.388 e. The van der Waals surface area contributed by atoms with Gasteiger partial charge in [0.05, 0.1) is 5.84 Å². The van der Waals surface area contributed by atoms with Crippen molar-refractivity contribution < 1.29 is 4.39 Å². The van der Waals surface area contributed by atoms with E-state index in [-0.39, 0.29) is 17.1 Å². The van der Waals surface area contributed by atoms with Crippen molar-refractivity contribution in [3.05, 3.63) is 30.1 Å². The second-order valence-electron chi connectivity index (χ2n) is 5.03. The van der Waals surface area contributed by atoms with Crippen LogP contribution >= 0.6 is 0 Å². The molecule has 0 unspecified atom stereocenters. The van der Waals surface area contributed by atoms with Gasteiger partial charge < -0.3 is 10.6 Å². The molecule has 0 aliphatic heterocycles. The molecule has 0 saturated heterocycles. The van der Waals surface area contributed by atoms with Crippen molar-refractivity contribution in [3.63, 3.8) is 0 Å². The standard InChI is InChI=1S/C13H18FN3/c1-17(11-4-2-10(14)3-5-11)9-13(6-7-13)8-12(15)16/h2-5H,6-9H2,1H3,(H3,15,16). The predicted octanol–water partition coefficient (Wildman–Crippen LogP) is 2.37. The zero-order valence-corrected chi connectivity index (χ0v) is 10.0. The molecule has 1 saturated carbocycles. The highest BCUT2D eigenvalue weighted by molar-refractivity contribution is 5.78. The van der Waals surface area contributed by atoms with Gasteiger partial charge in [-0.1, -0.05) is 0 Å². The van der Waals surface area contributed by atoms with Gasteiger partial charge in [0.15, 0.2) is 0 Å². The fourth-order valence-corrected chi connectivity index (χ4v) is 2.26. The Labute approximate surface area is 101 Å². The fourth-order valence-electron chi connectivity index (χ4n) is 2.26. The predicted molar refractivity (Wildman–Crippen MR) is 67.9 cm³/mol. The quantitative estimate of drug-likeness (QED) is 0.608. The number of nitrogens with one attached hydrogen (secondary N) is 1. The van der Waals surface area contributed by atoms with E-state index >= 15 is 0 Å². The number of benzene rings is 1. The van der Waals surface area contributed by atoms with Crippen molar-refractivity contribution in [2.45, 2.75) is 19.3 Å². The molecular weight excluding hydrogens is 217 g/mol. The van der Waals surface area contributed by atoms with Crippen LogP contribution in [0.1, 0.15) is 19.3 Å². The average Bonchev–Trinajstić information content (AvgIpc) is 2.97. The summed E-state index contributed by atoms with van der Waals surface area (Å²) in [5.41, 5.74) is 6.64. The van der Waals surface area contributed by atoms with Crippen LogP contribution < -0.4 is 10.6 Å². The molecule has 0 aromatic heterocycles. The van der Waals surface area contributed by atoms with Gasteiger partial charge in [0.1, 0.15) is 5.82 Å². The smallest absolute Gasteiger partial charge is 0.123 e. The highest BCUT2D eigenvalue weighted by Gasteiger charge is 2.43. The van der Waals surface area contributed by atoms with Crippen LogP contribution in [-0.4, -0.2) is 19.4 Å². The van der Waals surface area contributed by atoms with E-state index in [1.807, 2.05) is 7.05 Å². The van der Waals surface area contributed by atoms with Crippen LogP contribution in [0, 0.1) is 16.6 Å². The van der Waals surface area contributed by atoms with Gasteiger partial charge in [0.25, 0.3) is 0 Å². The maximum Gasteiger partial charge on any atom is 0.123 e. The first-order valence-corrected chi connectivity index (χ1v) is 5.80.